The molecule has 1 fully saturated rings. The summed E-state index contributed by atoms with van der Waals surface area (Å²) in [5, 5.41) is 14.0. The molecule has 2 rings (SSSR count). The van der Waals surface area contributed by atoms with Crippen molar-refractivity contribution in [1.82, 2.24) is 9.97 Å². The average molecular weight is 307 g/mol. The Bertz CT molecular complexity index is 425. The van der Waals surface area contributed by atoms with Crippen molar-refractivity contribution in [3.63, 3.8) is 0 Å². The van der Waals surface area contributed by atoms with Gasteiger partial charge in [0.1, 0.15) is 0 Å². The Morgan fingerprint density at radius 1 is 0.952 bits per heavy atom. The van der Waals surface area contributed by atoms with Gasteiger partial charge in [-0.05, 0) is 25.3 Å². The number of nitrogens with zero attached hydrogens (tertiary/aromatic N) is 3. The molecule has 4 nitrogen and oxygen atoms in total. The van der Waals surface area contributed by atoms with Crippen molar-refractivity contribution >= 4 is 17.5 Å². The van der Waals surface area contributed by atoms with Gasteiger partial charge in [-0.15, -0.1) is 0 Å². The van der Waals surface area contributed by atoms with Crippen LogP contribution < -0.4 is 0 Å². The number of rotatable bonds is 2. The smallest absolute Gasteiger partial charge is 0.188 e. The summed E-state index contributed by atoms with van der Waals surface area (Å²) in [6.45, 7) is 0. The largest absolute Gasteiger partial charge is 0.411 e. The van der Waals surface area contributed by atoms with Gasteiger partial charge in [-0.3, -0.25) is 0 Å². The van der Waals surface area contributed by atoms with Crippen LogP contribution in [0.1, 0.15) is 64.2 Å². The molecule has 1 heterocycles. The SMILES string of the molecule is ON=C1CCCCCCCCCCC1Sc1ncccn1. The first-order valence-electron chi connectivity index (χ1n) is 8.04. The minimum atomic E-state index is 0.205. The average Bonchev–Trinajstić information content (AvgIpc) is 2.51. The summed E-state index contributed by atoms with van der Waals surface area (Å²) in [5.41, 5.74) is 0.910. The third-order valence-corrected chi connectivity index (χ3v) is 5.15. The fourth-order valence-electron chi connectivity index (χ4n) is 2.74. The van der Waals surface area contributed by atoms with Crippen LogP contribution in [0.5, 0.6) is 0 Å². The van der Waals surface area contributed by atoms with E-state index >= 15 is 0 Å². The van der Waals surface area contributed by atoms with Crippen molar-refractivity contribution in [3.8, 4) is 0 Å². The molecule has 5 heteroatoms. The first-order valence-corrected chi connectivity index (χ1v) is 8.92. The highest BCUT2D eigenvalue weighted by atomic mass is 32.2. The standard InChI is InChI=1S/C16H25N3OS/c20-19-14-10-7-5-3-1-2-4-6-8-11-15(14)21-16-17-12-9-13-18-16/h9,12-13,15,20H,1-8,10-11H2. The Balaban J connectivity index is 2.00. The maximum absolute atomic E-state index is 9.38. The molecule has 1 aromatic heterocycles. The van der Waals surface area contributed by atoms with Gasteiger partial charge in [0.25, 0.3) is 0 Å². The molecule has 0 saturated heterocycles. The van der Waals surface area contributed by atoms with Crippen LogP contribution in [0.15, 0.2) is 28.8 Å². The predicted octanol–water partition coefficient (Wildman–Crippen LogP) is 4.68. The highest BCUT2D eigenvalue weighted by molar-refractivity contribution is 8.00. The molecular weight excluding hydrogens is 282 g/mol. The van der Waals surface area contributed by atoms with Gasteiger partial charge in [0, 0.05) is 12.4 Å². The Hall–Kier alpha value is -1.10. The summed E-state index contributed by atoms with van der Waals surface area (Å²) in [6.07, 6.45) is 15.6. The summed E-state index contributed by atoms with van der Waals surface area (Å²) in [4.78, 5) is 8.57. The summed E-state index contributed by atoms with van der Waals surface area (Å²) in [5.74, 6) is 0. The van der Waals surface area contributed by atoms with E-state index in [1.165, 1.54) is 44.9 Å². The molecule has 1 saturated carbocycles. The van der Waals surface area contributed by atoms with Crippen LogP contribution in [0, 0.1) is 0 Å². The topological polar surface area (TPSA) is 58.4 Å². The van der Waals surface area contributed by atoms with Gasteiger partial charge in [0.05, 0.1) is 11.0 Å². The van der Waals surface area contributed by atoms with E-state index in [-0.39, 0.29) is 5.25 Å². The number of thioether (sulfide) groups is 1. The van der Waals surface area contributed by atoms with E-state index in [0.717, 1.165) is 30.1 Å². The van der Waals surface area contributed by atoms with Crippen molar-refractivity contribution < 1.29 is 5.21 Å². The van der Waals surface area contributed by atoms with Gasteiger partial charge in [-0.1, -0.05) is 61.9 Å². The number of hydrogen-bond donors (Lipinski definition) is 1. The highest BCUT2D eigenvalue weighted by Crippen LogP contribution is 2.27. The molecule has 1 aromatic rings. The summed E-state index contributed by atoms with van der Waals surface area (Å²) < 4.78 is 0. The first kappa shape index (κ1) is 16.3. The maximum Gasteiger partial charge on any atom is 0.188 e. The van der Waals surface area contributed by atoms with Crippen LogP contribution in [0.25, 0.3) is 0 Å². The van der Waals surface area contributed by atoms with E-state index in [1.807, 2.05) is 6.07 Å². The molecule has 1 aliphatic rings. The molecule has 0 radical (unpaired) electrons. The highest BCUT2D eigenvalue weighted by Gasteiger charge is 2.19. The molecular formula is C16H25N3OS. The molecule has 0 spiro atoms. The molecule has 0 aliphatic heterocycles. The van der Waals surface area contributed by atoms with E-state index in [2.05, 4.69) is 15.1 Å². The predicted molar refractivity (Wildman–Crippen MR) is 87.1 cm³/mol. The third kappa shape index (κ3) is 6.04. The fourth-order valence-corrected chi connectivity index (χ4v) is 3.82. The van der Waals surface area contributed by atoms with Gasteiger partial charge >= 0.3 is 0 Å². The monoisotopic (exact) mass is 307 g/mol. The molecule has 116 valence electrons. The number of hydrogen-bond acceptors (Lipinski definition) is 5. The van der Waals surface area contributed by atoms with E-state index < -0.39 is 0 Å². The van der Waals surface area contributed by atoms with E-state index in [9.17, 15) is 5.21 Å². The third-order valence-electron chi connectivity index (χ3n) is 3.94. The van der Waals surface area contributed by atoms with Crippen molar-refractivity contribution in [2.24, 2.45) is 5.16 Å². The van der Waals surface area contributed by atoms with Gasteiger partial charge in [0.15, 0.2) is 5.16 Å². The molecule has 1 N–H and O–H groups in total. The van der Waals surface area contributed by atoms with Crippen LogP contribution in [0.2, 0.25) is 0 Å². The molecule has 0 amide bonds. The number of oxime groups is 1. The second-order valence-corrected chi connectivity index (χ2v) is 6.77. The zero-order valence-corrected chi connectivity index (χ0v) is 13.4. The Kier molecular flexibility index (Phi) is 7.57. The maximum atomic E-state index is 9.38. The Morgan fingerprint density at radius 2 is 1.57 bits per heavy atom. The van der Waals surface area contributed by atoms with Crippen LogP contribution >= 0.6 is 11.8 Å². The Morgan fingerprint density at radius 3 is 2.24 bits per heavy atom. The van der Waals surface area contributed by atoms with E-state index in [1.54, 1.807) is 24.2 Å². The van der Waals surface area contributed by atoms with Crippen molar-refractivity contribution in [2.75, 3.05) is 0 Å². The minimum Gasteiger partial charge on any atom is -0.411 e. The molecule has 1 unspecified atom stereocenters. The summed E-state index contributed by atoms with van der Waals surface area (Å²) in [7, 11) is 0. The van der Waals surface area contributed by atoms with E-state index in [0.29, 0.717) is 0 Å². The second kappa shape index (κ2) is 9.77. The lowest BCUT2D eigenvalue weighted by molar-refractivity contribution is 0.315. The van der Waals surface area contributed by atoms with Crippen LogP contribution in [0.4, 0.5) is 0 Å². The zero-order valence-electron chi connectivity index (χ0n) is 12.6. The molecule has 21 heavy (non-hydrogen) atoms. The lowest BCUT2D eigenvalue weighted by atomic mass is 9.99. The van der Waals surface area contributed by atoms with Gasteiger partial charge in [-0.25, -0.2) is 9.97 Å². The zero-order chi connectivity index (χ0) is 14.8. The molecule has 1 atom stereocenters. The van der Waals surface area contributed by atoms with Gasteiger partial charge in [0.2, 0.25) is 0 Å². The van der Waals surface area contributed by atoms with Gasteiger partial charge < -0.3 is 5.21 Å². The van der Waals surface area contributed by atoms with Crippen LogP contribution in [0.3, 0.4) is 0 Å². The normalized spacial score (nSPS) is 24.2. The Labute approximate surface area is 131 Å². The fraction of sp³-hybridized carbons (Fsp3) is 0.688. The van der Waals surface area contributed by atoms with Crippen molar-refractivity contribution in [1.29, 1.82) is 0 Å². The molecule has 1 aliphatic carbocycles. The molecule has 0 bridgehead atoms. The minimum absolute atomic E-state index is 0.205. The van der Waals surface area contributed by atoms with Crippen LogP contribution in [-0.2, 0) is 0 Å². The lowest BCUT2D eigenvalue weighted by Crippen LogP contribution is -2.18. The molecule has 0 aromatic carbocycles. The quantitative estimate of drug-likeness (QED) is 0.489. The van der Waals surface area contributed by atoms with Crippen molar-refractivity contribution in [3.05, 3.63) is 18.5 Å². The van der Waals surface area contributed by atoms with Crippen molar-refractivity contribution in [2.45, 2.75) is 74.6 Å². The van der Waals surface area contributed by atoms with Gasteiger partial charge in [-0.2, -0.15) is 0 Å². The van der Waals surface area contributed by atoms with E-state index in [4.69, 9.17) is 0 Å². The number of aromatic nitrogens is 2. The first-order chi connectivity index (χ1) is 10.4. The summed E-state index contributed by atoms with van der Waals surface area (Å²) in [6, 6.07) is 1.83. The lowest BCUT2D eigenvalue weighted by Gasteiger charge is -2.18. The second-order valence-electron chi connectivity index (χ2n) is 5.60. The summed E-state index contributed by atoms with van der Waals surface area (Å²) >= 11 is 1.63. The van der Waals surface area contributed by atoms with Crippen LogP contribution in [-0.4, -0.2) is 26.1 Å².